The number of hydrogen-bond acceptors (Lipinski definition) is 5. The minimum absolute atomic E-state index is 0.357. The van der Waals surface area contributed by atoms with Crippen molar-refractivity contribution in [1.29, 1.82) is 0 Å². The second-order valence-corrected chi connectivity index (χ2v) is 12.8. The summed E-state index contributed by atoms with van der Waals surface area (Å²) >= 11 is 0. The Kier molecular flexibility index (Phi) is 9.82. The Morgan fingerprint density at radius 1 is 0.673 bits per heavy atom. The van der Waals surface area contributed by atoms with Gasteiger partial charge in [-0.15, -0.1) is 0 Å². The average molecular weight is 651 g/mol. The molecule has 49 heavy (non-hydrogen) atoms. The van der Waals surface area contributed by atoms with Crippen molar-refractivity contribution >= 4 is 0 Å². The Hall–Kier alpha value is -4.85. The molecule has 0 aliphatic carbocycles. The summed E-state index contributed by atoms with van der Waals surface area (Å²) in [6.07, 6.45) is 2.31. The van der Waals surface area contributed by atoms with Crippen molar-refractivity contribution in [3.63, 3.8) is 0 Å². The summed E-state index contributed by atoms with van der Waals surface area (Å²) in [6.45, 7) is 4.97. The molecule has 6 nitrogen and oxygen atoms in total. The molecular formula is C43H42N2O4. The number of aromatic nitrogens is 2. The highest BCUT2D eigenvalue weighted by Gasteiger charge is 2.47. The summed E-state index contributed by atoms with van der Waals surface area (Å²) in [4.78, 5) is 5.12. The molecule has 0 bridgehead atoms. The van der Waals surface area contributed by atoms with E-state index in [9.17, 15) is 0 Å². The topological polar surface area (TPSA) is 54.7 Å². The van der Waals surface area contributed by atoms with Gasteiger partial charge >= 0.3 is 0 Å². The lowest BCUT2D eigenvalue weighted by atomic mass is 9.76. The fourth-order valence-electron chi connectivity index (χ4n) is 6.87. The summed E-state index contributed by atoms with van der Waals surface area (Å²) in [5.74, 6) is -0.0424. The first-order valence-electron chi connectivity index (χ1n) is 16.9. The molecule has 6 heteroatoms. The zero-order valence-corrected chi connectivity index (χ0v) is 28.0. The number of hydrogen-bond donors (Lipinski definition) is 0. The minimum atomic E-state index is -0.791. The van der Waals surface area contributed by atoms with Crippen LogP contribution in [0.5, 0.6) is 0 Å². The fraction of sp³-hybridized carbons (Fsp3) is 0.233. The smallest absolute Gasteiger partial charge is 0.163 e. The molecule has 7 rings (SSSR count). The Morgan fingerprint density at radius 2 is 1.12 bits per heavy atom. The van der Waals surface area contributed by atoms with Crippen LogP contribution in [0.3, 0.4) is 0 Å². The lowest BCUT2D eigenvalue weighted by Gasteiger charge is -2.40. The zero-order chi connectivity index (χ0) is 33.5. The number of benzene rings is 5. The normalized spacial score (nSPS) is 17.1. The van der Waals surface area contributed by atoms with Crippen molar-refractivity contribution in [1.82, 2.24) is 9.55 Å². The maximum atomic E-state index is 7.00. The first kappa shape index (κ1) is 32.7. The van der Waals surface area contributed by atoms with Gasteiger partial charge in [-0.2, -0.15) is 0 Å². The van der Waals surface area contributed by atoms with E-state index >= 15 is 0 Å². The van der Waals surface area contributed by atoms with Crippen LogP contribution in [0.1, 0.15) is 53.6 Å². The van der Waals surface area contributed by atoms with Crippen molar-refractivity contribution in [2.45, 2.75) is 56.7 Å². The van der Waals surface area contributed by atoms with E-state index in [1.165, 1.54) is 0 Å². The van der Waals surface area contributed by atoms with E-state index in [1.54, 1.807) is 0 Å². The third-order valence-corrected chi connectivity index (χ3v) is 9.11. The molecule has 0 radical (unpaired) electrons. The number of imidazole rings is 1. The highest BCUT2D eigenvalue weighted by Crippen LogP contribution is 2.44. The zero-order valence-electron chi connectivity index (χ0n) is 28.0. The number of ether oxygens (including phenoxy) is 4. The molecule has 0 saturated carbocycles. The predicted molar refractivity (Wildman–Crippen MR) is 191 cm³/mol. The molecule has 0 spiro atoms. The molecule has 0 N–H and O–H groups in total. The van der Waals surface area contributed by atoms with E-state index in [0.717, 1.165) is 33.6 Å². The maximum Gasteiger partial charge on any atom is 0.163 e. The first-order chi connectivity index (χ1) is 24.0. The van der Waals surface area contributed by atoms with Crippen LogP contribution in [0.25, 0.3) is 0 Å². The molecule has 2 heterocycles. The van der Waals surface area contributed by atoms with Crippen LogP contribution < -0.4 is 0 Å². The second-order valence-electron chi connectivity index (χ2n) is 12.8. The third-order valence-electron chi connectivity index (χ3n) is 9.11. The fourth-order valence-corrected chi connectivity index (χ4v) is 6.87. The summed E-state index contributed by atoms with van der Waals surface area (Å²) in [7, 11) is 0. The van der Waals surface area contributed by atoms with Gasteiger partial charge in [0.15, 0.2) is 5.79 Å². The van der Waals surface area contributed by atoms with Gasteiger partial charge in [0.25, 0.3) is 0 Å². The van der Waals surface area contributed by atoms with Gasteiger partial charge in [-0.05, 0) is 41.7 Å². The standard InChI is InChI=1S/C43H42N2O4/c1-42(2)48-32-38(49-42)39(46-30-33-18-8-3-9-19-33)40(47-31-34-20-10-4-11-21-34)41-44-28-29-45(41)43(35-22-12-5-13-23-35,36-24-14-6-15-25-36)37-26-16-7-17-27-37/h3-29,38-40H,30-32H2,1-2H3/t38-,39-,40+/m0/s1. The van der Waals surface area contributed by atoms with Crippen LogP contribution in [0.15, 0.2) is 164 Å². The van der Waals surface area contributed by atoms with Gasteiger partial charge in [-0.1, -0.05) is 152 Å². The highest BCUT2D eigenvalue weighted by atomic mass is 16.8. The Labute approximate surface area is 288 Å². The van der Waals surface area contributed by atoms with E-state index in [4.69, 9.17) is 23.9 Å². The quantitative estimate of drug-likeness (QED) is 0.117. The lowest BCUT2D eigenvalue weighted by Crippen LogP contribution is -2.43. The van der Waals surface area contributed by atoms with Crippen LogP contribution in [0.4, 0.5) is 0 Å². The molecule has 3 atom stereocenters. The predicted octanol–water partition coefficient (Wildman–Crippen LogP) is 8.72. The van der Waals surface area contributed by atoms with E-state index in [-0.39, 0.29) is 0 Å². The molecule has 6 aromatic rings. The van der Waals surface area contributed by atoms with E-state index in [2.05, 4.69) is 126 Å². The molecule has 0 unspecified atom stereocenters. The molecule has 1 aromatic heterocycles. The highest BCUT2D eigenvalue weighted by molar-refractivity contribution is 5.51. The summed E-state index contributed by atoms with van der Waals surface area (Å²) in [5.41, 5.74) is 4.60. The SMILES string of the molecule is CC1(C)OC[C@@H]([C@H](OCc2ccccc2)[C@@H](OCc2ccccc2)c2nccn2C(c2ccccc2)(c2ccccc2)c2ccccc2)O1. The van der Waals surface area contributed by atoms with Gasteiger partial charge in [0, 0.05) is 12.4 Å². The summed E-state index contributed by atoms with van der Waals surface area (Å²) in [5, 5.41) is 0. The molecule has 1 saturated heterocycles. The van der Waals surface area contributed by atoms with Crippen LogP contribution in [-0.4, -0.2) is 34.2 Å². The molecule has 1 aliphatic rings. The van der Waals surface area contributed by atoms with Gasteiger partial charge in [0.1, 0.15) is 29.7 Å². The molecule has 1 aliphatic heterocycles. The third kappa shape index (κ3) is 7.00. The van der Waals surface area contributed by atoms with Gasteiger partial charge in [0.2, 0.25) is 0 Å². The van der Waals surface area contributed by atoms with E-state index in [1.807, 2.05) is 56.4 Å². The second kappa shape index (κ2) is 14.7. The molecular weight excluding hydrogens is 608 g/mol. The Bertz CT molecular complexity index is 1780. The van der Waals surface area contributed by atoms with Crippen LogP contribution in [-0.2, 0) is 37.7 Å². The van der Waals surface area contributed by atoms with Crippen molar-refractivity contribution < 1.29 is 18.9 Å². The van der Waals surface area contributed by atoms with E-state index < -0.39 is 29.6 Å². The van der Waals surface area contributed by atoms with Gasteiger partial charge < -0.3 is 23.5 Å². The Balaban J connectivity index is 1.42. The molecule has 1 fully saturated rings. The average Bonchev–Trinajstić information content (AvgIpc) is 3.78. The van der Waals surface area contributed by atoms with Crippen molar-refractivity contribution in [3.05, 3.63) is 198 Å². The maximum absolute atomic E-state index is 7.00. The monoisotopic (exact) mass is 650 g/mol. The van der Waals surface area contributed by atoms with E-state index in [0.29, 0.717) is 19.8 Å². The van der Waals surface area contributed by atoms with Gasteiger partial charge in [-0.25, -0.2) is 4.98 Å². The number of rotatable bonds is 13. The molecule has 0 amide bonds. The van der Waals surface area contributed by atoms with Crippen LogP contribution >= 0.6 is 0 Å². The Morgan fingerprint density at radius 3 is 1.57 bits per heavy atom. The van der Waals surface area contributed by atoms with Crippen molar-refractivity contribution in [3.8, 4) is 0 Å². The molecule has 248 valence electrons. The van der Waals surface area contributed by atoms with Crippen molar-refractivity contribution in [2.24, 2.45) is 0 Å². The summed E-state index contributed by atoms with van der Waals surface area (Å²) < 4.78 is 28.8. The summed E-state index contributed by atoms with van der Waals surface area (Å²) in [6, 6.07) is 52.2. The minimum Gasteiger partial charge on any atom is -0.368 e. The molecule has 5 aromatic carbocycles. The first-order valence-corrected chi connectivity index (χ1v) is 16.9. The van der Waals surface area contributed by atoms with Crippen LogP contribution in [0.2, 0.25) is 0 Å². The van der Waals surface area contributed by atoms with Crippen molar-refractivity contribution in [2.75, 3.05) is 6.61 Å². The lowest BCUT2D eigenvalue weighted by molar-refractivity contribution is -0.182. The van der Waals surface area contributed by atoms with Crippen LogP contribution in [0, 0.1) is 0 Å². The van der Waals surface area contributed by atoms with Gasteiger partial charge in [0.05, 0.1) is 19.8 Å². The van der Waals surface area contributed by atoms with Gasteiger partial charge in [-0.3, -0.25) is 0 Å². The number of nitrogens with zero attached hydrogens (tertiary/aromatic N) is 2. The largest absolute Gasteiger partial charge is 0.368 e.